The van der Waals surface area contributed by atoms with Gasteiger partial charge in [0.15, 0.2) is 8.32 Å². The second-order valence-corrected chi connectivity index (χ2v) is 16.9. The van der Waals surface area contributed by atoms with Gasteiger partial charge in [0, 0.05) is 6.10 Å². The monoisotopic (exact) mass is 342 g/mol. The van der Waals surface area contributed by atoms with Crippen LogP contribution >= 0.6 is 22.2 Å². The summed E-state index contributed by atoms with van der Waals surface area (Å²) in [6, 6.07) is 1.03. The fourth-order valence-electron chi connectivity index (χ4n) is 1.85. The maximum absolute atomic E-state index is 6.53. The molecule has 0 aromatic carbocycles. The summed E-state index contributed by atoms with van der Waals surface area (Å²) >= 11 is 11.8. The molecule has 1 nitrogen and oxygen atoms in total. The van der Waals surface area contributed by atoms with Gasteiger partial charge in [-0.15, -0.1) is 0 Å². The van der Waals surface area contributed by atoms with E-state index in [1.165, 1.54) is 19.3 Å². The Hall–Kier alpha value is 0.974. The van der Waals surface area contributed by atoms with Crippen LogP contribution < -0.4 is 0 Å². The first-order chi connectivity index (χ1) is 8.60. The van der Waals surface area contributed by atoms with Gasteiger partial charge < -0.3 is 4.43 Å². The summed E-state index contributed by atoms with van der Waals surface area (Å²) in [6.45, 7) is 13.8. The summed E-state index contributed by atoms with van der Waals surface area (Å²) in [4.78, 5) is 0. The van der Waals surface area contributed by atoms with Crippen molar-refractivity contribution in [2.24, 2.45) is 0 Å². The van der Waals surface area contributed by atoms with Crippen LogP contribution in [-0.2, 0) is 4.43 Å². The van der Waals surface area contributed by atoms with Crippen LogP contribution in [0, 0.1) is 0 Å². The summed E-state index contributed by atoms with van der Waals surface area (Å²) in [6.07, 6.45) is 6.32. The minimum absolute atomic E-state index is 0.295. The Balaban J connectivity index is 4.25. The maximum Gasteiger partial charge on any atom is 0.237 e. The summed E-state index contributed by atoms with van der Waals surface area (Å²) in [7, 11) is -3.04. The predicted molar refractivity (Wildman–Crippen MR) is 94.5 cm³/mol. The molecule has 0 aromatic rings. The van der Waals surface area contributed by atoms with Crippen molar-refractivity contribution in [3.63, 3.8) is 0 Å². The van der Waals surface area contributed by atoms with Gasteiger partial charge in [0.25, 0.3) is 0 Å². The first-order valence-corrected chi connectivity index (χ1v) is 14.8. The number of hydrogen-bond acceptors (Lipinski definition) is 1. The lowest BCUT2D eigenvalue weighted by Crippen LogP contribution is -2.43. The van der Waals surface area contributed by atoms with E-state index in [1.54, 1.807) is 0 Å². The van der Waals surface area contributed by atoms with E-state index < -0.39 is 15.7 Å². The Morgan fingerprint density at radius 3 is 2.11 bits per heavy atom. The average Bonchev–Trinajstić information content (AvgIpc) is 2.22. The molecule has 0 amide bonds. The first-order valence-electron chi connectivity index (χ1n) is 7.56. The zero-order chi connectivity index (χ0) is 15.1. The molecule has 0 rings (SSSR count). The quantitative estimate of drug-likeness (QED) is 0.281. The van der Waals surface area contributed by atoms with Crippen LogP contribution in [0.5, 0.6) is 0 Å². The Morgan fingerprint density at radius 1 is 1.11 bits per heavy atom. The SMILES string of the molecule is CCCC(CCCC[SiH](Cl)Cl)O[Si](C)(C)C(C)(C)C. The maximum atomic E-state index is 6.53. The second-order valence-electron chi connectivity index (χ2n) is 6.96. The lowest BCUT2D eigenvalue weighted by Gasteiger charge is -2.39. The molecule has 1 atom stereocenters. The minimum Gasteiger partial charge on any atom is -0.414 e. The van der Waals surface area contributed by atoms with E-state index in [1.807, 2.05) is 0 Å². The van der Waals surface area contributed by atoms with Crippen molar-refractivity contribution in [3.05, 3.63) is 0 Å². The van der Waals surface area contributed by atoms with Crippen LogP contribution in [0.15, 0.2) is 0 Å². The van der Waals surface area contributed by atoms with Gasteiger partial charge in [0.05, 0.1) is 0 Å². The normalized spacial score (nSPS) is 15.0. The Bertz CT molecular complexity index is 240. The van der Waals surface area contributed by atoms with Crippen molar-refractivity contribution in [1.82, 2.24) is 0 Å². The summed E-state index contributed by atoms with van der Waals surface area (Å²) < 4.78 is 6.53. The average molecular weight is 343 g/mol. The molecule has 0 aliphatic carbocycles. The summed E-state index contributed by atoms with van der Waals surface area (Å²) in [5.74, 6) is 0. The van der Waals surface area contributed by atoms with E-state index in [4.69, 9.17) is 26.6 Å². The topological polar surface area (TPSA) is 9.23 Å². The van der Waals surface area contributed by atoms with Gasteiger partial charge in [0.1, 0.15) is 0 Å². The van der Waals surface area contributed by atoms with Gasteiger partial charge in [0.2, 0.25) is 7.42 Å². The molecule has 0 spiro atoms. The Morgan fingerprint density at radius 2 is 1.68 bits per heavy atom. The van der Waals surface area contributed by atoms with E-state index in [-0.39, 0.29) is 0 Å². The van der Waals surface area contributed by atoms with Crippen LogP contribution in [0.1, 0.15) is 59.8 Å². The number of unbranched alkanes of at least 4 members (excludes halogenated alkanes) is 1. The molecular formula is C14H32Cl2OSi2. The van der Waals surface area contributed by atoms with Crippen LogP contribution in [0.2, 0.25) is 24.2 Å². The predicted octanol–water partition coefficient (Wildman–Crippen LogP) is 6.05. The molecule has 0 radical (unpaired) electrons. The third-order valence-electron chi connectivity index (χ3n) is 4.08. The molecule has 0 heterocycles. The molecule has 116 valence electrons. The molecule has 0 aromatic heterocycles. The highest BCUT2D eigenvalue weighted by molar-refractivity contribution is 7.33. The Labute approximate surface area is 132 Å². The molecule has 0 bridgehead atoms. The number of halogens is 2. The van der Waals surface area contributed by atoms with E-state index >= 15 is 0 Å². The third-order valence-corrected chi connectivity index (χ3v) is 10.8. The zero-order valence-corrected chi connectivity index (χ0v) is 17.2. The lowest BCUT2D eigenvalue weighted by atomic mass is 10.1. The fraction of sp³-hybridized carbons (Fsp3) is 1.00. The van der Waals surface area contributed by atoms with Gasteiger partial charge in [-0.1, -0.05) is 47.0 Å². The second kappa shape index (κ2) is 9.09. The van der Waals surface area contributed by atoms with Crippen molar-refractivity contribution < 1.29 is 4.43 Å². The highest BCUT2D eigenvalue weighted by atomic mass is 35.7. The van der Waals surface area contributed by atoms with E-state index in [2.05, 4.69) is 40.8 Å². The van der Waals surface area contributed by atoms with Gasteiger partial charge >= 0.3 is 0 Å². The smallest absolute Gasteiger partial charge is 0.237 e. The molecule has 19 heavy (non-hydrogen) atoms. The molecule has 1 unspecified atom stereocenters. The third kappa shape index (κ3) is 8.76. The van der Waals surface area contributed by atoms with Crippen LogP contribution in [0.25, 0.3) is 0 Å². The molecule has 0 N–H and O–H groups in total. The van der Waals surface area contributed by atoms with Crippen LogP contribution in [-0.4, -0.2) is 21.8 Å². The molecular weight excluding hydrogens is 311 g/mol. The highest BCUT2D eigenvalue weighted by Crippen LogP contribution is 2.38. The number of hydrogen-bond donors (Lipinski definition) is 0. The van der Waals surface area contributed by atoms with Gasteiger partial charge in [-0.3, -0.25) is 0 Å². The van der Waals surface area contributed by atoms with Crippen LogP contribution in [0.4, 0.5) is 0 Å². The zero-order valence-electron chi connectivity index (χ0n) is 13.6. The van der Waals surface area contributed by atoms with Crippen molar-refractivity contribution in [3.8, 4) is 0 Å². The van der Waals surface area contributed by atoms with E-state index in [0.29, 0.717) is 11.1 Å². The standard InChI is InChI=1S/C14H32Cl2OSi2/c1-7-10-13(11-8-9-12-18(15)16)17-19(5,6)14(2,3)4/h13,18H,7-12H2,1-6H3. The summed E-state index contributed by atoms with van der Waals surface area (Å²) in [5.41, 5.74) is 0. The number of rotatable bonds is 9. The van der Waals surface area contributed by atoms with Crippen molar-refractivity contribution in [2.75, 3.05) is 0 Å². The molecule has 0 saturated heterocycles. The molecule has 0 fully saturated rings. The van der Waals surface area contributed by atoms with Crippen molar-refractivity contribution in [1.29, 1.82) is 0 Å². The molecule has 5 heteroatoms. The van der Waals surface area contributed by atoms with E-state index in [0.717, 1.165) is 18.9 Å². The fourth-order valence-corrected chi connectivity index (χ4v) is 4.79. The molecule has 0 aliphatic heterocycles. The van der Waals surface area contributed by atoms with Gasteiger partial charge in [-0.2, -0.15) is 22.2 Å². The summed E-state index contributed by atoms with van der Waals surface area (Å²) in [5, 5.41) is 0.295. The van der Waals surface area contributed by atoms with Gasteiger partial charge in [-0.05, 0) is 37.0 Å². The van der Waals surface area contributed by atoms with Crippen molar-refractivity contribution >= 4 is 37.9 Å². The minimum atomic E-state index is -1.63. The Kier molecular flexibility index (Phi) is 9.55. The van der Waals surface area contributed by atoms with Crippen molar-refractivity contribution in [2.45, 2.75) is 90.1 Å². The highest BCUT2D eigenvalue weighted by Gasteiger charge is 2.38. The molecule has 0 aliphatic rings. The lowest BCUT2D eigenvalue weighted by molar-refractivity contribution is 0.157. The van der Waals surface area contributed by atoms with Crippen LogP contribution in [0.3, 0.4) is 0 Å². The molecule has 0 saturated carbocycles. The first kappa shape index (κ1) is 20.0. The van der Waals surface area contributed by atoms with Gasteiger partial charge in [-0.25, -0.2) is 0 Å². The largest absolute Gasteiger partial charge is 0.414 e. The van der Waals surface area contributed by atoms with E-state index in [9.17, 15) is 0 Å².